The van der Waals surface area contributed by atoms with E-state index in [0.717, 1.165) is 11.3 Å². The van der Waals surface area contributed by atoms with Crippen LogP contribution in [-0.4, -0.2) is 21.0 Å². The maximum atomic E-state index is 11.9. The van der Waals surface area contributed by atoms with Gasteiger partial charge < -0.3 is 9.84 Å². The summed E-state index contributed by atoms with van der Waals surface area (Å²) in [5, 5.41) is 9.21. The van der Waals surface area contributed by atoms with Crippen molar-refractivity contribution in [3.8, 4) is 0 Å². The Kier molecular flexibility index (Phi) is 4.77. The lowest BCUT2D eigenvalue weighted by Crippen LogP contribution is -2.12. The number of hydrogen-bond acceptors (Lipinski definition) is 6. The largest absolute Gasteiger partial charge is 0.339 e. The minimum atomic E-state index is -0.109. The lowest BCUT2D eigenvalue weighted by molar-refractivity contribution is -0.116. The van der Waals surface area contributed by atoms with Gasteiger partial charge in [0.1, 0.15) is 0 Å². The molecule has 23 heavy (non-hydrogen) atoms. The van der Waals surface area contributed by atoms with Crippen LogP contribution in [-0.2, 0) is 17.6 Å². The molecule has 1 aromatic carbocycles. The van der Waals surface area contributed by atoms with E-state index in [1.54, 1.807) is 0 Å². The number of aromatic nitrogens is 3. The molecule has 0 aliphatic carbocycles. The van der Waals surface area contributed by atoms with Crippen molar-refractivity contribution in [2.75, 3.05) is 5.32 Å². The Labute approximate surface area is 137 Å². The molecule has 0 unspecified atom stereocenters. The third-order valence-electron chi connectivity index (χ3n) is 3.15. The lowest BCUT2D eigenvalue weighted by atomic mass is 10.1. The van der Waals surface area contributed by atoms with Gasteiger partial charge in [0.2, 0.25) is 11.8 Å². The zero-order chi connectivity index (χ0) is 16.1. The molecule has 1 N–H and O–H groups in total. The summed E-state index contributed by atoms with van der Waals surface area (Å²) in [7, 11) is 0. The summed E-state index contributed by atoms with van der Waals surface area (Å²) in [6, 6.07) is 9.94. The maximum absolute atomic E-state index is 11.9. The Morgan fingerprint density at radius 2 is 2.09 bits per heavy atom. The van der Waals surface area contributed by atoms with Gasteiger partial charge in [0, 0.05) is 24.6 Å². The number of nitrogens with one attached hydrogen (secondary N) is 1. The van der Waals surface area contributed by atoms with Gasteiger partial charge in [-0.25, -0.2) is 4.98 Å². The van der Waals surface area contributed by atoms with Crippen LogP contribution in [0.1, 0.15) is 29.4 Å². The lowest BCUT2D eigenvalue weighted by Gasteiger charge is -1.98. The van der Waals surface area contributed by atoms with Gasteiger partial charge in [-0.2, -0.15) is 4.98 Å². The van der Waals surface area contributed by atoms with Gasteiger partial charge in [0.05, 0.1) is 5.69 Å². The van der Waals surface area contributed by atoms with Gasteiger partial charge in [0.15, 0.2) is 11.0 Å². The first-order chi connectivity index (χ1) is 11.2. The standard InChI is InChI=1S/C16H16N4O2S/c1-11-10-23-16(17-11)19-14(21)7-8-15-18-13(20-22-15)9-12-5-3-2-4-6-12/h2-6,10H,7-9H2,1H3,(H,17,19,21). The molecule has 0 bridgehead atoms. The van der Waals surface area contributed by atoms with E-state index in [-0.39, 0.29) is 12.3 Å². The first-order valence-corrected chi connectivity index (χ1v) is 8.14. The molecule has 3 aromatic rings. The van der Waals surface area contributed by atoms with Crippen LogP contribution < -0.4 is 5.32 Å². The van der Waals surface area contributed by atoms with E-state index in [1.807, 2.05) is 42.6 Å². The Bertz CT molecular complexity index is 782. The average Bonchev–Trinajstić information content (AvgIpc) is 3.15. The molecule has 0 radical (unpaired) electrons. The third kappa shape index (κ3) is 4.46. The Balaban J connectivity index is 1.50. The van der Waals surface area contributed by atoms with Gasteiger partial charge in [-0.05, 0) is 12.5 Å². The van der Waals surface area contributed by atoms with Crippen LogP contribution in [0.15, 0.2) is 40.2 Å². The first kappa shape index (κ1) is 15.4. The second-order valence-corrected chi connectivity index (χ2v) is 5.97. The fraction of sp³-hybridized carbons (Fsp3) is 0.250. The van der Waals surface area contributed by atoms with E-state index < -0.39 is 0 Å². The molecule has 0 aliphatic rings. The predicted molar refractivity (Wildman–Crippen MR) is 87.3 cm³/mol. The molecule has 0 atom stereocenters. The molecule has 0 spiro atoms. The van der Waals surface area contributed by atoms with Crippen LogP contribution in [0.5, 0.6) is 0 Å². The number of amides is 1. The number of rotatable bonds is 6. The third-order valence-corrected chi connectivity index (χ3v) is 4.02. The van der Waals surface area contributed by atoms with Crippen LogP contribution in [0.2, 0.25) is 0 Å². The smallest absolute Gasteiger partial charge is 0.227 e. The minimum Gasteiger partial charge on any atom is -0.339 e. The number of benzene rings is 1. The predicted octanol–water partition coefficient (Wildman–Crippen LogP) is 3.00. The van der Waals surface area contributed by atoms with E-state index >= 15 is 0 Å². The SMILES string of the molecule is Cc1csc(NC(=O)CCc2nc(Cc3ccccc3)no2)n1. The quantitative estimate of drug-likeness (QED) is 0.752. The van der Waals surface area contributed by atoms with E-state index in [9.17, 15) is 4.79 Å². The maximum Gasteiger partial charge on any atom is 0.227 e. The molecule has 7 heteroatoms. The van der Waals surface area contributed by atoms with E-state index in [1.165, 1.54) is 11.3 Å². The fourth-order valence-corrected chi connectivity index (χ4v) is 2.76. The van der Waals surface area contributed by atoms with Crippen molar-refractivity contribution in [3.05, 3.63) is 58.7 Å². The highest BCUT2D eigenvalue weighted by molar-refractivity contribution is 7.13. The zero-order valence-corrected chi connectivity index (χ0v) is 13.5. The van der Waals surface area contributed by atoms with Crippen molar-refractivity contribution in [1.29, 1.82) is 0 Å². The Morgan fingerprint density at radius 3 is 2.83 bits per heavy atom. The zero-order valence-electron chi connectivity index (χ0n) is 12.7. The van der Waals surface area contributed by atoms with Crippen LogP contribution in [0.3, 0.4) is 0 Å². The summed E-state index contributed by atoms with van der Waals surface area (Å²) >= 11 is 1.41. The van der Waals surface area contributed by atoms with Crippen LogP contribution >= 0.6 is 11.3 Å². The summed E-state index contributed by atoms with van der Waals surface area (Å²) in [6.45, 7) is 1.89. The molecule has 0 fully saturated rings. The van der Waals surface area contributed by atoms with Crippen molar-refractivity contribution >= 4 is 22.4 Å². The molecule has 2 heterocycles. The van der Waals surface area contributed by atoms with Gasteiger partial charge in [-0.3, -0.25) is 4.79 Å². The number of nitrogens with zero attached hydrogens (tertiary/aromatic N) is 3. The number of carbonyl (C=O) groups is 1. The van der Waals surface area contributed by atoms with Gasteiger partial charge >= 0.3 is 0 Å². The number of anilines is 1. The summed E-state index contributed by atoms with van der Waals surface area (Å²) < 4.78 is 5.19. The minimum absolute atomic E-state index is 0.109. The van der Waals surface area contributed by atoms with Crippen LogP contribution in [0.4, 0.5) is 5.13 Å². The van der Waals surface area contributed by atoms with E-state index in [0.29, 0.717) is 29.7 Å². The fourth-order valence-electron chi connectivity index (χ4n) is 2.06. The molecule has 3 rings (SSSR count). The highest BCUT2D eigenvalue weighted by atomic mass is 32.1. The van der Waals surface area contributed by atoms with Crippen molar-refractivity contribution < 1.29 is 9.32 Å². The summed E-state index contributed by atoms with van der Waals surface area (Å²) in [5.41, 5.74) is 2.02. The molecular formula is C16H16N4O2S. The molecule has 0 aliphatic heterocycles. The molecule has 1 amide bonds. The van der Waals surface area contributed by atoms with Crippen LogP contribution in [0, 0.1) is 6.92 Å². The number of aryl methyl sites for hydroxylation is 2. The molecule has 6 nitrogen and oxygen atoms in total. The number of thiazole rings is 1. The molecule has 0 saturated heterocycles. The highest BCUT2D eigenvalue weighted by Gasteiger charge is 2.11. The van der Waals surface area contributed by atoms with Crippen molar-refractivity contribution in [2.24, 2.45) is 0 Å². The van der Waals surface area contributed by atoms with E-state index in [4.69, 9.17) is 4.52 Å². The van der Waals surface area contributed by atoms with E-state index in [2.05, 4.69) is 20.4 Å². The average molecular weight is 328 g/mol. The van der Waals surface area contributed by atoms with Crippen molar-refractivity contribution in [3.63, 3.8) is 0 Å². The summed E-state index contributed by atoms with van der Waals surface area (Å²) in [5.74, 6) is 0.991. The van der Waals surface area contributed by atoms with Gasteiger partial charge in [-0.1, -0.05) is 35.5 Å². The topological polar surface area (TPSA) is 80.9 Å². The second kappa shape index (κ2) is 7.15. The number of carbonyl (C=O) groups excluding carboxylic acids is 1. The molecular weight excluding hydrogens is 312 g/mol. The van der Waals surface area contributed by atoms with Crippen molar-refractivity contribution in [2.45, 2.75) is 26.2 Å². The van der Waals surface area contributed by atoms with Crippen molar-refractivity contribution in [1.82, 2.24) is 15.1 Å². The Hall–Kier alpha value is -2.54. The molecule has 118 valence electrons. The van der Waals surface area contributed by atoms with Gasteiger partial charge in [-0.15, -0.1) is 11.3 Å². The highest BCUT2D eigenvalue weighted by Crippen LogP contribution is 2.15. The molecule has 2 aromatic heterocycles. The first-order valence-electron chi connectivity index (χ1n) is 7.26. The van der Waals surface area contributed by atoms with Gasteiger partial charge in [0.25, 0.3) is 0 Å². The van der Waals surface area contributed by atoms with Crippen LogP contribution in [0.25, 0.3) is 0 Å². The summed E-state index contributed by atoms with van der Waals surface area (Å²) in [6.07, 6.45) is 1.32. The Morgan fingerprint density at radius 1 is 1.26 bits per heavy atom. The molecule has 0 saturated carbocycles. The number of hydrogen-bond donors (Lipinski definition) is 1. The normalized spacial score (nSPS) is 10.7. The second-order valence-electron chi connectivity index (χ2n) is 5.11. The monoisotopic (exact) mass is 328 g/mol. The summed E-state index contributed by atoms with van der Waals surface area (Å²) in [4.78, 5) is 20.4.